The minimum Gasteiger partial charge on any atom is -0.481 e. The molecule has 174 valence electrons. The molecular weight excluding hydrogens is 440 g/mol. The first-order valence-corrected chi connectivity index (χ1v) is 11.8. The van der Waals surface area contributed by atoms with E-state index in [4.69, 9.17) is 4.74 Å². The molecule has 0 aliphatic heterocycles. The Morgan fingerprint density at radius 1 is 1.12 bits per heavy atom. The van der Waals surface area contributed by atoms with E-state index in [2.05, 4.69) is 32.7 Å². The molecule has 2 heterocycles. The number of benzene rings is 1. The van der Waals surface area contributed by atoms with Crippen molar-refractivity contribution in [2.75, 3.05) is 11.1 Å². The first kappa shape index (κ1) is 24.2. The Morgan fingerprint density at radius 2 is 1.91 bits per heavy atom. The van der Waals surface area contributed by atoms with E-state index in [1.807, 2.05) is 35.8 Å². The van der Waals surface area contributed by atoms with E-state index in [1.54, 1.807) is 31.3 Å². The summed E-state index contributed by atoms with van der Waals surface area (Å²) in [5, 5.41) is 14.5. The number of anilines is 1. The summed E-state index contributed by atoms with van der Waals surface area (Å²) < 4.78 is 7.60. The number of nitrogens with one attached hydrogen (secondary N) is 2. The van der Waals surface area contributed by atoms with Gasteiger partial charge in [-0.2, -0.15) is 0 Å². The van der Waals surface area contributed by atoms with Crippen LogP contribution in [0.4, 0.5) is 5.82 Å². The van der Waals surface area contributed by atoms with Crippen LogP contribution in [0, 0.1) is 0 Å². The van der Waals surface area contributed by atoms with Gasteiger partial charge in [0.05, 0.1) is 12.3 Å². The van der Waals surface area contributed by atoms with Gasteiger partial charge in [-0.25, -0.2) is 4.98 Å². The standard InChI is InChI=1S/C23H28N6O3S/c1-4-17-9-11-18(12-10-17)32-16(3)22(31)25-14-20-27-28-23(29(20)5-2)33-15-21(30)26-19-8-6-7-13-24-19/h6-13,16H,4-5,14-15H2,1-3H3,(H,25,31)(H,24,26,30)/t16-/m0/s1. The first-order chi connectivity index (χ1) is 16.0. The number of thioether (sulfide) groups is 1. The summed E-state index contributed by atoms with van der Waals surface area (Å²) in [5.74, 6) is 1.50. The van der Waals surface area contributed by atoms with Crippen LogP contribution in [0.3, 0.4) is 0 Å². The van der Waals surface area contributed by atoms with Crippen LogP contribution in [-0.2, 0) is 29.1 Å². The normalized spacial score (nSPS) is 11.6. The van der Waals surface area contributed by atoms with Crippen LogP contribution in [0.15, 0.2) is 53.8 Å². The Labute approximate surface area is 197 Å². The van der Waals surface area contributed by atoms with Gasteiger partial charge in [-0.1, -0.05) is 36.9 Å². The zero-order valence-corrected chi connectivity index (χ0v) is 19.8. The van der Waals surface area contributed by atoms with Crippen LogP contribution in [0.2, 0.25) is 0 Å². The zero-order valence-electron chi connectivity index (χ0n) is 18.9. The lowest BCUT2D eigenvalue weighted by Gasteiger charge is -2.15. The van der Waals surface area contributed by atoms with E-state index in [0.717, 1.165) is 6.42 Å². The molecule has 2 amide bonds. The lowest BCUT2D eigenvalue weighted by molar-refractivity contribution is -0.127. The lowest BCUT2D eigenvalue weighted by atomic mass is 10.2. The van der Waals surface area contributed by atoms with Gasteiger partial charge in [0, 0.05) is 12.7 Å². The highest BCUT2D eigenvalue weighted by molar-refractivity contribution is 7.99. The van der Waals surface area contributed by atoms with E-state index in [9.17, 15) is 9.59 Å². The molecule has 2 aromatic heterocycles. The van der Waals surface area contributed by atoms with Crippen molar-refractivity contribution in [1.82, 2.24) is 25.1 Å². The summed E-state index contributed by atoms with van der Waals surface area (Å²) in [5.41, 5.74) is 1.21. The van der Waals surface area contributed by atoms with Gasteiger partial charge >= 0.3 is 0 Å². The van der Waals surface area contributed by atoms with Crippen molar-refractivity contribution in [2.45, 2.75) is 51.5 Å². The Bertz CT molecular complexity index is 1060. The van der Waals surface area contributed by atoms with E-state index in [-0.39, 0.29) is 24.1 Å². The topological polar surface area (TPSA) is 111 Å². The highest BCUT2D eigenvalue weighted by Crippen LogP contribution is 2.18. The van der Waals surface area contributed by atoms with Gasteiger partial charge in [-0.05, 0) is 50.1 Å². The van der Waals surface area contributed by atoms with Crippen LogP contribution in [0.25, 0.3) is 0 Å². The maximum Gasteiger partial charge on any atom is 0.261 e. The number of hydrogen-bond acceptors (Lipinski definition) is 7. The Morgan fingerprint density at radius 3 is 2.58 bits per heavy atom. The van der Waals surface area contributed by atoms with Crippen LogP contribution in [0.1, 0.15) is 32.2 Å². The number of carbonyl (C=O) groups is 2. The van der Waals surface area contributed by atoms with Crippen molar-refractivity contribution in [2.24, 2.45) is 0 Å². The van der Waals surface area contributed by atoms with Gasteiger partial charge in [-0.15, -0.1) is 10.2 Å². The molecule has 0 bridgehead atoms. The van der Waals surface area contributed by atoms with Crippen molar-refractivity contribution in [3.8, 4) is 5.75 Å². The Kier molecular flexibility index (Phi) is 8.82. The third kappa shape index (κ3) is 7.04. The molecule has 0 saturated carbocycles. The van der Waals surface area contributed by atoms with Crippen molar-refractivity contribution in [3.05, 3.63) is 60.0 Å². The maximum absolute atomic E-state index is 12.5. The molecule has 3 rings (SSSR count). The SMILES string of the molecule is CCc1ccc(O[C@@H](C)C(=O)NCc2nnc(SCC(=O)Nc3ccccn3)n2CC)cc1. The number of aryl methyl sites for hydroxylation is 1. The molecule has 1 atom stereocenters. The average molecular weight is 469 g/mol. The number of carbonyl (C=O) groups excluding carboxylic acids is 2. The molecule has 33 heavy (non-hydrogen) atoms. The second-order valence-corrected chi connectivity index (χ2v) is 8.11. The summed E-state index contributed by atoms with van der Waals surface area (Å²) >= 11 is 1.28. The molecule has 0 spiro atoms. The molecule has 9 nitrogen and oxygen atoms in total. The fourth-order valence-corrected chi connectivity index (χ4v) is 3.81. The van der Waals surface area contributed by atoms with E-state index < -0.39 is 6.10 Å². The van der Waals surface area contributed by atoms with Gasteiger partial charge in [0.15, 0.2) is 17.1 Å². The second-order valence-electron chi connectivity index (χ2n) is 7.17. The largest absolute Gasteiger partial charge is 0.481 e. The van der Waals surface area contributed by atoms with Gasteiger partial charge in [0.1, 0.15) is 11.6 Å². The van der Waals surface area contributed by atoms with Crippen LogP contribution >= 0.6 is 11.8 Å². The number of amides is 2. The first-order valence-electron chi connectivity index (χ1n) is 10.8. The number of rotatable bonds is 11. The summed E-state index contributed by atoms with van der Waals surface area (Å²) in [4.78, 5) is 28.7. The minimum atomic E-state index is -0.653. The third-order valence-electron chi connectivity index (χ3n) is 4.81. The molecule has 0 unspecified atom stereocenters. The Balaban J connectivity index is 1.50. The highest BCUT2D eigenvalue weighted by Gasteiger charge is 2.18. The second kappa shape index (κ2) is 12.0. The smallest absolute Gasteiger partial charge is 0.261 e. The molecule has 3 aromatic rings. The predicted octanol–water partition coefficient (Wildman–Crippen LogP) is 3.07. The van der Waals surface area contributed by atoms with Gasteiger partial charge in [0.25, 0.3) is 5.91 Å². The number of ether oxygens (including phenoxy) is 1. The third-order valence-corrected chi connectivity index (χ3v) is 5.78. The van der Waals surface area contributed by atoms with Crippen LogP contribution in [-0.4, -0.2) is 43.4 Å². The maximum atomic E-state index is 12.5. The van der Waals surface area contributed by atoms with Crippen molar-refractivity contribution < 1.29 is 14.3 Å². The molecule has 0 saturated heterocycles. The van der Waals surface area contributed by atoms with Crippen LogP contribution < -0.4 is 15.4 Å². The van der Waals surface area contributed by atoms with Gasteiger partial charge in [-0.3, -0.25) is 9.59 Å². The fraction of sp³-hybridized carbons (Fsp3) is 0.348. The number of aromatic nitrogens is 4. The predicted molar refractivity (Wildman–Crippen MR) is 127 cm³/mol. The van der Waals surface area contributed by atoms with Crippen molar-refractivity contribution in [1.29, 1.82) is 0 Å². The molecule has 10 heteroatoms. The fourth-order valence-electron chi connectivity index (χ4n) is 2.99. The molecule has 0 fully saturated rings. The zero-order chi connectivity index (χ0) is 23.6. The quantitative estimate of drug-likeness (QED) is 0.416. The van der Waals surface area contributed by atoms with Crippen molar-refractivity contribution in [3.63, 3.8) is 0 Å². The number of pyridine rings is 1. The molecule has 0 aliphatic rings. The molecule has 2 N–H and O–H groups in total. The lowest BCUT2D eigenvalue weighted by Crippen LogP contribution is -2.36. The molecular formula is C23H28N6O3S. The summed E-state index contributed by atoms with van der Waals surface area (Å²) in [6, 6.07) is 13.0. The van der Waals surface area contributed by atoms with Crippen molar-refractivity contribution >= 4 is 29.4 Å². The van der Waals surface area contributed by atoms with E-state index >= 15 is 0 Å². The molecule has 0 radical (unpaired) electrons. The monoisotopic (exact) mass is 468 g/mol. The number of nitrogens with zero attached hydrogens (tertiary/aromatic N) is 4. The minimum absolute atomic E-state index is 0.169. The van der Waals surface area contributed by atoms with Gasteiger partial charge in [0.2, 0.25) is 5.91 Å². The molecule has 1 aromatic carbocycles. The summed E-state index contributed by atoms with van der Waals surface area (Å²) in [7, 11) is 0. The average Bonchev–Trinajstić information content (AvgIpc) is 3.24. The summed E-state index contributed by atoms with van der Waals surface area (Å²) in [6.07, 6.45) is 1.91. The van der Waals surface area contributed by atoms with E-state index in [0.29, 0.717) is 29.1 Å². The highest BCUT2D eigenvalue weighted by atomic mass is 32.2. The Hall–Kier alpha value is -3.40. The van der Waals surface area contributed by atoms with Gasteiger partial charge < -0.3 is 19.9 Å². The van der Waals surface area contributed by atoms with Crippen LogP contribution in [0.5, 0.6) is 5.75 Å². The number of hydrogen-bond donors (Lipinski definition) is 2. The summed E-state index contributed by atoms with van der Waals surface area (Å²) in [6.45, 7) is 6.57. The molecule has 0 aliphatic carbocycles. The van der Waals surface area contributed by atoms with E-state index in [1.165, 1.54) is 17.3 Å².